The van der Waals surface area contributed by atoms with Gasteiger partial charge in [0, 0.05) is 11.4 Å². The van der Waals surface area contributed by atoms with Gasteiger partial charge in [0.25, 0.3) is 0 Å². The minimum atomic E-state index is -0.796. The molecule has 0 unspecified atom stereocenters. The largest absolute Gasteiger partial charge is 0.497 e. The number of nitrogens with zero attached hydrogens (tertiary/aromatic N) is 1. The van der Waals surface area contributed by atoms with Crippen LogP contribution in [0, 0.1) is 6.92 Å². The van der Waals surface area contributed by atoms with Crippen LogP contribution in [0.3, 0.4) is 0 Å². The first kappa shape index (κ1) is 19.5. The quantitative estimate of drug-likeness (QED) is 0.592. The molecule has 28 heavy (non-hydrogen) atoms. The second-order valence-corrected chi connectivity index (χ2v) is 6.60. The van der Waals surface area contributed by atoms with Crippen molar-refractivity contribution in [1.29, 1.82) is 0 Å². The number of carbonyl (C=O) groups is 1. The van der Waals surface area contributed by atoms with Crippen LogP contribution in [0.5, 0.6) is 11.5 Å². The summed E-state index contributed by atoms with van der Waals surface area (Å²) in [6.45, 7) is 3.16. The number of carboxylic acids is 1. The van der Waals surface area contributed by atoms with E-state index in [1.165, 1.54) is 0 Å². The summed E-state index contributed by atoms with van der Waals surface area (Å²) >= 11 is 0. The van der Waals surface area contributed by atoms with Gasteiger partial charge in [0.2, 0.25) is 0 Å². The van der Waals surface area contributed by atoms with Gasteiger partial charge in [-0.25, -0.2) is 0 Å². The first-order valence-electron chi connectivity index (χ1n) is 9.31. The fourth-order valence-electron chi connectivity index (χ4n) is 3.21. The van der Waals surface area contributed by atoms with Crippen LogP contribution in [0.15, 0.2) is 60.7 Å². The van der Waals surface area contributed by atoms with Crippen molar-refractivity contribution in [2.75, 3.05) is 13.7 Å². The highest BCUT2D eigenvalue weighted by atomic mass is 16.5. The number of hydrogen-bond acceptors (Lipinski definition) is 3. The number of aryl methyl sites for hydroxylation is 2. The molecule has 1 N–H and O–H groups in total. The van der Waals surface area contributed by atoms with Crippen molar-refractivity contribution in [2.24, 2.45) is 0 Å². The molecule has 5 heteroatoms. The predicted molar refractivity (Wildman–Crippen MR) is 109 cm³/mol. The van der Waals surface area contributed by atoms with Crippen molar-refractivity contribution >= 4 is 5.97 Å². The average Bonchev–Trinajstić information content (AvgIpc) is 3.10. The van der Waals surface area contributed by atoms with E-state index in [0.717, 1.165) is 34.0 Å². The Bertz CT molecular complexity index is 928. The zero-order valence-corrected chi connectivity index (χ0v) is 16.2. The molecule has 0 fully saturated rings. The van der Waals surface area contributed by atoms with Crippen LogP contribution in [0.2, 0.25) is 0 Å². The Kier molecular flexibility index (Phi) is 6.37. The minimum absolute atomic E-state index is 0.102. The van der Waals surface area contributed by atoms with Crippen molar-refractivity contribution in [1.82, 2.24) is 4.57 Å². The number of para-hydroxylation sites is 1. The molecule has 0 radical (unpaired) electrons. The number of rotatable bonds is 9. The van der Waals surface area contributed by atoms with Crippen LogP contribution in [0.4, 0.5) is 0 Å². The van der Waals surface area contributed by atoms with Gasteiger partial charge in [-0.1, -0.05) is 18.2 Å². The second-order valence-electron chi connectivity index (χ2n) is 6.60. The van der Waals surface area contributed by atoms with Crippen molar-refractivity contribution in [2.45, 2.75) is 26.3 Å². The molecule has 0 atom stereocenters. The molecule has 1 heterocycles. The highest BCUT2D eigenvalue weighted by molar-refractivity contribution is 5.67. The normalized spacial score (nSPS) is 10.6. The zero-order chi connectivity index (χ0) is 19.9. The third kappa shape index (κ3) is 4.74. The fourth-order valence-corrected chi connectivity index (χ4v) is 3.21. The maximum Gasteiger partial charge on any atom is 0.303 e. The molecule has 5 nitrogen and oxygen atoms in total. The standard InChI is InChI=1S/C23H25NO4/c1-17-5-3-4-6-22(17)28-16-15-24-19(10-14-23(25)26)9-13-21(24)18-7-11-20(27-2)12-8-18/h3-9,11-13H,10,14-16H2,1-2H3,(H,25,26). The molecule has 0 aliphatic rings. The van der Waals surface area contributed by atoms with Gasteiger partial charge >= 0.3 is 5.97 Å². The van der Waals surface area contributed by atoms with Crippen LogP contribution in [0.1, 0.15) is 17.7 Å². The van der Waals surface area contributed by atoms with E-state index in [-0.39, 0.29) is 6.42 Å². The van der Waals surface area contributed by atoms with Gasteiger partial charge in [-0.05, 0) is 66.9 Å². The van der Waals surface area contributed by atoms with Gasteiger partial charge in [0.15, 0.2) is 0 Å². The number of aliphatic carboxylic acids is 1. The molecule has 0 aliphatic carbocycles. The number of benzene rings is 2. The van der Waals surface area contributed by atoms with Gasteiger partial charge < -0.3 is 19.1 Å². The zero-order valence-electron chi connectivity index (χ0n) is 16.2. The van der Waals surface area contributed by atoms with Crippen LogP contribution in [0.25, 0.3) is 11.3 Å². The third-order valence-electron chi connectivity index (χ3n) is 4.72. The van der Waals surface area contributed by atoms with E-state index in [2.05, 4.69) is 4.57 Å². The Hall–Kier alpha value is -3.21. The first-order chi connectivity index (χ1) is 13.6. The Labute approximate surface area is 165 Å². The number of methoxy groups -OCH3 is 1. The van der Waals surface area contributed by atoms with Gasteiger partial charge in [-0.2, -0.15) is 0 Å². The van der Waals surface area contributed by atoms with Crippen molar-refractivity contribution in [3.05, 3.63) is 71.9 Å². The SMILES string of the molecule is COc1ccc(-c2ccc(CCC(=O)O)n2CCOc2ccccc2C)cc1. The molecule has 0 saturated heterocycles. The smallest absolute Gasteiger partial charge is 0.303 e. The van der Waals surface area contributed by atoms with E-state index in [1.807, 2.05) is 67.6 Å². The molecule has 3 aromatic rings. The molecule has 0 bridgehead atoms. The van der Waals surface area contributed by atoms with Crippen LogP contribution < -0.4 is 9.47 Å². The number of carboxylic acid groups (broad SMARTS) is 1. The van der Waals surface area contributed by atoms with Crippen molar-refractivity contribution in [3.63, 3.8) is 0 Å². The monoisotopic (exact) mass is 379 g/mol. The van der Waals surface area contributed by atoms with E-state index in [0.29, 0.717) is 19.6 Å². The molecular formula is C23H25NO4. The highest BCUT2D eigenvalue weighted by Gasteiger charge is 2.12. The molecule has 1 aromatic heterocycles. The molecule has 146 valence electrons. The molecule has 0 aliphatic heterocycles. The Morgan fingerprint density at radius 2 is 1.79 bits per heavy atom. The minimum Gasteiger partial charge on any atom is -0.497 e. The maximum absolute atomic E-state index is 11.0. The highest BCUT2D eigenvalue weighted by Crippen LogP contribution is 2.26. The Balaban J connectivity index is 1.81. The lowest BCUT2D eigenvalue weighted by Gasteiger charge is -2.15. The van der Waals surface area contributed by atoms with Crippen LogP contribution >= 0.6 is 0 Å². The lowest BCUT2D eigenvalue weighted by molar-refractivity contribution is -0.136. The van der Waals surface area contributed by atoms with Crippen LogP contribution in [-0.2, 0) is 17.8 Å². The summed E-state index contributed by atoms with van der Waals surface area (Å²) in [5.74, 6) is 0.874. The van der Waals surface area contributed by atoms with E-state index in [9.17, 15) is 4.79 Å². The average molecular weight is 379 g/mol. The number of ether oxygens (including phenoxy) is 2. The van der Waals surface area contributed by atoms with E-state index in [1.54, 1.807) is 7.11 Å². The van der Waals surface area contributed by atoms with Crippen LogP contribution in [-0.4, -0.2) is 29.4 Å². The summed E-state index contributed by atoms with van der Waals surface area (Å²) < 4.78 is 13.3. The molecule has 0 amide bonds. The topological polar surface area (TPSA) is 60.7 Å². The second kappa shape index (κ2) is 9.13. The molecule has 3 rings (SSSR count). The summed E-state index contributed by atoms with van der Waals surface area (Å²) in [6, 6.07) is 19.8. The maximum atomic E-state index is 11.0. The molecule has 0 saturated carbocycles. The lowest BCUT2D eigenvalue weighted by atomic mass is 10.1. The van der Waals surface area contributed by atoms with E-state index < -0.39 is 5.97 Å². The number of hydrogen-bond donors (Lipinski definition) is 1. The van der Waals surface area contributed by atoms with Crippen molar-refractivity contribution < 1.29 is 19.4 Å². The fraction of sp³-hybridized carbons (Fsp3) is 0.261. The predicted octanol–water partition coefficient (Wildman–Crippen LogP) is 4.57. The van der Waals surface area contributed by atoms with Gasteiger partial charge in [0.05, 0.1) is 20.1 Å². The summed E-state index contributed by atoms with van der Waals surface area (Å²) in [6.07, 6.45) is 0.584. The summed E-state index contributed by atoms with van der Waals surface area (Å²) in [4.78, 5) is 11.0. The summed E-state index contributed by atoms with van der Waals surface area (Å²) in [5.41, 5.74) is 4.17. The third-order valence-corrected chi connectivity index (χ3v) is 4.72. The molecule has 2 aromatic carbocycles. The Morgan fingerprint density at radius 3 is 2.46 bits per heavy atom. The van der Waals surface area contributed by atoms with E-state index in [4.69, 9.17) is 14.6 Å². The summed E-state index contributed by atoms with van der Waals surface area (Å²) in [7, 11) is 1.64. The molecular weight excluding hydrogens is 354 g/mol. The number of aromatic nitrogens is 1. The van der Waals surface area contributed by atoms with Gasteiger partial charge in [-0.3, -0.25) is 4.79 Å². The lowest BCUT2D eigenvalue weighted by Crippen LogP contribution is -2.13. The summed E-state index contributed by atoms with van der Waals surface area (Å²) in [5, 5.41) is 9.05. The van der Waals surface area contributed by atoms with Gasteiger partial charge in [-0.15, -0.1) is 0 Å². The van der Waals surface area contributed by atoms with E-state index >= 15 is 0 Å². The molecule has 0 spiro atoms. The van der Waals surface area contributed by atoms with Crippen molar-refractivity contribution in [3.8, 4) is 22.8 Å². The Morgan fingerprint density at radius 1 is 1.04 bits per heavy atom. The first-order valence-corrected chi connectivity index (χ1v) is 9.31. The van der Waals surface area contributed by atoms with Gasteiger partial charge in [0.1, 0.15) is 18.1 Å².